The molecule has 0 saturated heterocycles. The minimum Gasteiger partial charge on any atom is -0.492 e. The highest BCUT2D eigenvalue weighted by Gasteiger charge is 2.30. The third-order valence-electron chi connectivity index (χ3n) is 5.33. The smallest absolute Gasteiger partial charge is 0.246 e. The fourth-order valence-corrected chi connectivity index (χ4v) is 3.95. The van der Waals surface area contributed by atoms with Gasteiger partial charge in [-0.2, -0.15) is 0 Å². The molecule has 1 unspecified atom stereocenters. The Hall–Kier alpha value is -3.11. The van der Waals surface area contributed by atoms with Gasteiger partial charge in [-0.15, -0.1) is 0 Å². The number of hydrogen-bond donors (Lipinski definition) is 1. The minimum atomic E-state index is -0.362. The SMILES string of the molecule is CCOc1ccccc1NC(=O)C(c1ccccc1)N1CCc2ccccc2C1. The topological polar surface area (TPSA) is 41.6 Å². The van der Waals surface area contributed by atoms with E-state index >= 15 is 0 Å². The Bertz CT molecular complexity index is 971. The molecule has 0 radical (unpaired) electrons. The second-order valence-corrected chi connectivity index (χ2v) is 7.22. The quantitative estimate of drug-likeness (QED) is 0.660. The van der Waals surface area contributed by atoms with Crippen molar-refractivity contribution in [1.29, 1.82) is 0 Å². The van der Waals surface area contributed by atoms with E-state index in [1.165, 1.54) is 11.1 Å². The van der Waals surface area contributed by atoms with Crippen LogP contribution < -0.4 is 10.1 Å². The van der Waals surface area contributed by atoms with Gasteiger partial charge in [-0.3, -0.25) is 9.69 Å². The fraction of sp³-hybridized carbons (Fsp3) is 0.240. The van der Waals surface area contributed by atoms with Crippen molar-refractivity contribution < 1.29 is 9.53 Å². The molecule has 1 N–H and O–H groups in total. The van der Waals surface area contributed by atoms with Crippen molar-refractivity contribution in [1.82, 2.24) is 4.90 Å². The molecule has 1 aliphatic heterocycles. The predicted molar refractivity (Wildman–Crippen MR) is 116 cm³/mol. The molecule has 0 saturated carbocycles. The summed E-state index contributed by atoms with van der Waals surface area (Å²) >= 11 is 0. The van der Waals surface area contributed by atoms with Gasteiger partial charge in [0.2, 0.25) is 5.91 Å². The Morgan fingerprint density at radius 1 is 0.966 bits per heavy atom. The van der Waals surface area contributed by atoms with E-state index in [1.54, 1.807) is 0 Å². The molecule has 0 aliphatic carbocycles. The number of benzene rings is 3. The van der Waals surface area contributed by atoms with Gasteiger partial charge in [0, 0.05) is 13.1 Å². The Balaban J connectivity index is 1.63. The lowest BCUT2D eigenvalue weighted by Crippen LogP contribution is -2.40. The standard InChI is InChI=1S/C25H26N2O2/c1-2-29-23-15-9-8-14-22(23)26-25(28)24(20-11-4-3-5-12-20)27-17-16-19-10-6-7-13-21(19)18-27/h3-15,24H,2,16-18H2,1H3,(H,26,28). The summed E-state index contributed by atoms with van der Waals surface area (Å²) in [6, 6.07) is 25.7. The molecule has 0 spiro atoms. The molecule has 4 heteroatoms. The van der Waals surface area contributed by atoms with Gasteiger partial charge in [0.15, 0.2) is 0 Å². The van der Waals surface area contributed by atoms with E-state index < -0.39 is 0 Å². The molecule has 1 aliphatic rings. The van der Waals surface area contributed by atoms with Gasteiger partial charge in [0.25, 0.3) is 0 Å². The number of amides is 1. The van der Waals surface area contributed by atoms with Crippen LogP contribution in [0.1, 0.15) is 29.7 Å². The molecule has 4 nitrogen and oxygen atoms in total. The second-order valence-electron chi connectivity index (χ2n) is 7.22. The lowest BCUT2D eigenvalue weighted by molar-refractivity contribution is -0.122. The number of hydrogen-bond acceptors (Lipinski definition) is 3. The van der Waals surface area contributed by atoms with E-state index in [0.717, 1.165) is 25.1 Å². The van der Waals surface area contributed by atoms with Crippen LogP contribution in [0.5, 0.6) is 5.75 Å². The average Bonchev–Trinajstić information content (AvgIpc) is 2.76. The monoisotopic (exact) mass is 386 g/mol. The van der Waals surface area contributed by atoms with Crippen molar-refractivity contribution >= 4 is 11.6 Å². The number of para-hydroxylation sites is 2. The number of ether oxygens (including phenoxy) is 1. The number of carbonyl (C=O) groups excluding carboxylic acids is 1. The molecule has 1 amide bonds. The van der Waals surface area contributed by atoms with Gasteiger partial charge in [-0.25, -0.2) is 0 Å². The summed E-state index contributed by atoms with van der Waals surface area (Å²) in [5, 5.41) is 3.11. The van der Waals surface area contributed by atoms with Crippen molar-refractivity contribution in [2.24, 2.45) is 0 Å². The van der Waals surface area contributed by atoms with Gasteiger partial charge < -0.3 is 10.1 Å². The summed E-state index contributed by atoms with van der Waals surface area (Å²) in [4.78, 5) is 15.7. The van der Waals surface area contributed by atoms with Crippen LogP contribution in [-0.2, 0) is 17.8 Å². The maximum atomic E-state index is 13.5. The summed E-state index contributed by atoms with van der Waals surface area (Å²) in [6.07, 6.45) is 0.947. The Morgan fingerprint density at radius 3 is 2.45 bits per heavy atom. The molecule has 29 heavy (non-hydrogen) atoms. The van der Waals surface area contributed by atoms with Gasteiger partial charge >= 0.3 is 0 Å². The molecule has 0 aromatic heterocycles. The number of anilines is 1. The highest BCUT2D eigenvalue weighted by molar-refractivity contribution is 5.96. The largest absolute Gasteiger partial charge is 0.492 e. The molecule has 148 valence electrons. The van der Waals surface area contributed by atoms with Crippen LogP contribution in [0, 0.1) is 0 Å². The molecular weight excluding hydrogens is 360 g/mol. The summed E-state index contributed by atoms with van der Waals surface area (Å²) in [6.45, 7) is 4.10. The van der Waals surface area contributed by atoms with Gasteiger partial charge in [-0.05, 0) is 42.2 Å². The lowest BCUT2D eigenvalue weighted by Gasteiger charge is -2.35. The third kappa shape index (κ3) is 4.33. The van der Waals surface area contributed by atoms with Gasteiger partial charge in [0.05, 0.1) is 12.3 Å². The lowest BCUT2D eigenvalue weighted by atomic mass is 9.96. The van der Waals surface area contributed by atoms with Gasteiger partial charge in [-0.1, -0.05) is 66.7 Å². The van der Waals surface area contributed by atoms with Crippen LogP contribution >= 0.6 is 0 Å². The minimum absolute atomic E-state index is 0.0391. The molecule has 0 fully saturated rings. The summed E-state index contributed by atoms with van der Waals surface area (Å²) < 4.78 is 5.69. The second kappa shape index (κ2) is 8.93. The number of carbonyl (C=O) groups is 1. The molecule has 1 atom stereocenters. The maximum absolute atomic E-state index is 13.5. The van der Waals surface area contributed by atoms with Crippen LogP contribution in [0.2, 0.25) is 0 Å². The first kappa shape index (κ1) is 19.2. The van der Waals surface area contributed by atoms with E-state index in [-0.39, 0.29) is 11.9 Å². The zero-order chi connectivity index (χ0) is 20.1. The Morgan fingerprint density at radius 2 is 1.66 bits per heavy atom. The van der Waals surface area contributed by atoms with Crippen LogP contribution in [-0.4, -0.2) is 24.0 Å². The van der Waals surface area contributed by atoms with Crippen LogP contribution in [0.15, 0.2) is 78.9 Å². The molecule has 3 aromatic carbocycles. The van der Waals surface area contributed by atoms with E-state index in [9.17, 15) is 4.79 Å². The molecule has 3 aromatic rings. The Kier molecular flexibility index (Phi) is 5.92. The summed E-state index contributed by atoms with van der Waals surface area (Å²) in [5.41, 5.74) is 4.37. The highest BCUT2D eigenvalue weighted by atomic mass is 16.5. The normalized spacial score (nSPS) is 14.7. The van der Waals surface area contributed by atoms with E-state index in [2.05, 4.69) is 34.5 Å². The zero-order valence-corrected chi connectivity index (χ0v) is 16.7. The first-order valence-electron chi connectivity index (χ1n) is 10.1. The number of nitrogens with zero attached hydrogens (tertiary/aromatic N) is 1. The van der Waals surface area contributed by atoms with Crippen molar-refractivity contribution in [3.63, 3.8) is 0 Å². The molecule has 0 bridgehead atoms. The Labute approximate surface area is 172 Å². The van der Waals surface area contributed by atoms with Crippen LogP contribution in [0.4, 0.5) is 5.69 Å². The molecule has 4 rings (SSSR count). The maximum Gasteiger partial charge on any atom is 0.246 e. The summed E-state index contributed by atoms with van der Waals surface area (Å²) in [7, 11) is 0. The highest BCUT2D eigenvalue weighted by Crippen LogP contribution is 2.31. The number of rotatable bonds is 6. The van der Waals surface area contributed by atoms with E-state index in [1.807, 2.05) is 61.5 Å². The fourth-order valence-electron chi connectivity index (χ4n) is 3.95. The van der Waals surface area contributed by atoms with Crippen molar-refractivity contribution in [2.45, 2.75) is 25.9 Å². The van der Waals surface area contributed by atoms with E-state index in [0.29, 0.717) is 18.0 Å². The van der Waals surface area contributed by atoms with Gasteiger partial charge in [0.1, 0.15) is 11.8 Å². The van der Waals surface area contributed by atoms with Crippen molar-refractivity contribution in [3.8, 4) is 5.75 Å². The predicted octanol–water partition coefficient (Wildman–Crippen LogP) is 4.82. The van der Waals surface area contributed by atoms with E-state index in [4.69, 9.17) is 4.74 Å². The van der Waals surface area contributed by atoms with Crippen molar-refractivity contribution in [2.75, 3.05) is 18.5 Å². The number of fused-ring (bicyclic) bond motifs is 1. The first-order valence-corrected chi connectivity index (χ1v) is 10.1. The third-order valence-corrected chi connectivity index (χ3v) is 5.33. The molecule has 1 heterocycles. The summed E-state index contributed by atoms with van der Waals surface area (Å²) in [5.74, 6) is 0.655. The zero-order valence-electron chi connectivity index (χ0n) is 16.7. The van der Waals surface area contributed by atoms with Crippen LogP contribution in [0.25, 0.3) is 0 Å². The average molecular weight is 386 g/mol. The van der Waals surface area contributed by atoms with Crippen LogP contribution in [0.3, 0.4) is 0 Å². The number of nitrogens with one attached hydrogen (secondary N) is 1. The molecular formula is C25H26N2O2. The first-order chi connectivity index (χ1) is 14.3. The van der Waals surface area contributed by atoms with Crippen molar-refractivity contribution in [3.05, 3.63) is 95.6 Å².